The van der Waals surface area contributed by atoms with Gasteiger partial charge < -0.3 is 10.1 Å². The van der Waals surface area contributed by atoms with E-state index in [4.69, 9.17) is 9.29 Å². The highest BCUT2D eigenvalue weighted by atomic mass is 32.2. The summed E-state index contributed by atoms with van der Waals surface area (Å²) < 4.78 is 35.8. The Morgan fingerprint density at radius 1 is 1.15 bits per heavy atom. The lowest BCUT2D eigenvalue weighted by Gasteiger charge is -2.13. The van der Waals surface area contributed by atoms with E-state index in [9.17, 15) is 13.2 Å². The van der Waals surface area contributed by atoms with Gasteiger partial charge in [-0.25, -0.2) is 0 Å². The number of carbonyl (C=O) groups is 1. The summed E-state index contributed by atoms with van der Waals surface area (Å²) in [4.78, 5) is 12.2. The molecule has 144 valence electrons. The van der Waals surface area contributed by atoms with Gasteiger partial charge in [-0.2, -0.15) is 8.42 Å². The first kappa shape index (κ1) is 20.7. The molecule has 0 fully saturated rings. The number of ether oxygens (including phenoxy) is 1. The zero-order valence-electron chi connectivity index (χ0n) is 15.0. The Morgan fingerprint density at radius 3 is 2.41 bits per heavy atom. The smallest absolute Gasteiger partial charge is 0.264 e. The predicted molar refractivity (Wildman–Crippen MR) is 106 cm³/mol. The number of anilines is 1. The van der Waals surface area contributed by atoms with Crippen LogP contribution in [-0.4, -0.2) is 31.7 Å². The Morgan fingerprint density at radius 2 is 1.81 bits per heavy atom. The van der Waals surface area contributed by atoms with Gasteiger partial charge in [0, 0.05) is 11.6 Å². The summed E-state index contributed by atoms with van der Waals surface area (Å²) in [6.45, 7) is 0. The molecule has 0 aliphatic rings. The van der Waals surface area contributed by atoms with Crippen molar-refractivity contribution in [3.8, 4) is 5.75 Å². The molecule has 0 saturated carbocycles. The average Bonchev–Trinajstić information content (AvgIpc) is 2.65. The summed E-state index contributed by atoms with van der Waals surface area (Å²) in [5.74, 6) is -0.0145. The highest BCUT2D eigenvalue weighted by Gasteiger charge is 2.11. The van der Waals surface area contributed by atoms with E-state index >= 15 is 0 Å². The largest absolute Gasteiger partial charge is 0.497 e. The van der Waals surface area contributed by atoms with Crippen molar-refractivity contribution in [1.82, 2.24) is 0 Å². The van der Waals surface area contributed by atoms with E-state index in [0.29, 0.717) is 24.3 Å². The zero-order chi connectivity index (χ0) is 19.7. The molecule has 0 bridgehead atoms. The molecule has 1 atom stereocenters. The monoisotopic (exact) mass is 389 g/mol. The Hall–Kier alpha value is -2.64. The SMILES string of the molecule is COc1ccc(NC(=O)C=CC(CCCS(=O)(=O)O)c2ccccc2)cc1. The molecular weight excluding hydrogens is 366 g/mol. The van der Waals surface area contributed by atoms with Crippen molar-refractivity contribution in [2.24, 2.45) is 0 Å². The van der Waals surface area contributed by atoms with Crippen LogP contribution in [0.4, 0.5) is 5.69 Å². The van der Waals surface area contributed by atoms with E-state index in [1.807, 2.05) is 30.3 Å². The van der Waals surface area contributed by atoms with Gasteiger partial charge >= 0.3 is 0 Å². The molecule has 0 aliphatic carbocycles. The second-order valence-electron chi connectivity index (χ2n) is 6.02. The van der Waals surface area contributed by atoms with E-state index in [1.54, 1.807) is 37.5 Å². The lowest BCUT2D eigenvalue weighted by molar-refractivity contribution is -0.111. The van der Waals surface area contributed by atoms with Crippen LogP contribution in [0, 0.1) is 0 Å². The number of carbonyl (C=O) groups excluding carboxylic acids is 1. The molecule has 2 rings (SSSR count). The molecule has 1 unspecified atom stereocenters. The molecule has 0 aliphatic heterocycles. The molecule has 0 spiro atoms. The van der Waals surface area contributed by atoms with Crippen LogP contribution in [0.2, 0.25) is 0 Å². The lowest BCUT2D eigenvalue weighted by atomic mass is 9.94. The second-order valence-corrected chi connectivity index (χ2v) is 7.59. The summed E-state index contributed by atoms with van der Waals surface area (Å²) >= 11 is 0. The highest BCUT2D eigenvalue weighted by Crippen LogP contribution is 2.23. The first-order valence-corrected chi connectivity index (χ1v) is 10.1. The predicted octanol–water partition coefficient (Wildman–Crippen LogP) is 3.64. The lowest BCUT2D eigenvalue weighted by Crippen LogP contribution is -2.09. The standard InChI is InChI=1S/C20H23NO5S/c1-26-19-12-10-18(11-13-19)21-20(22)14-9-17(8-5-15-27(23,24)25)16-6-3-2-4-7-16/h2-4,6-7,9-14,17H,5,8,15H2,1H3,(H,21,22)(H,23,24,25). The Balaban J connectivity index is 2.02. The van der Waals surface area contributed by atoms with Crippen LogP contribution in [0.5, 0.6) is 5.75 Å². The molecule has 0 heterocycles. The van der Waals surface area contributed by atoms with Gasteiger partial charge in [-0.05, 0) is 48.7 Å². The Labute approximate surface area is 159 Å². The van der Waals surface area contributed by atoms with E-state index in [2.05, 4.69) is 5.32 Å². The molecule has 2 N–H and O–H groups in total. The van der Waals surface area contributed by atoms with Crippen LogP contribution < -0.4 is 10.1 Å². The summed E-state index contributed by atoms with van der Waals surface area (Å²) in [6.07, 6.45) is 3.98. The van der Waals surface area contributed by atoms with Crippen molar-refractivity contribution in [2.75, 3.05) is 18.2 Å². The van der Waals surface area contributed by atoms with Crippen molar-refractivity contribution in [3.63, 3.8) is 0 Å². The maximum absolute atomic E-state index is 12.2. The van der Waals surface area contributed by atoms with Crippen LogP contribution in [0.3, 0.4) is 0 Å². The van der Waals surface area contributed by atoms with Crippen LogP contribution in [0.25, 0.3) is 0 Å². The number of rotatable bonds is 9. The number of amides is 1. The van der Waals surface area contributed by atoms with Gasteiger partial charge in [0.15, 0.2) is 0 Å². The summed E-state index contributed by atoms with van der Waals surface area (Å²) in [5, 5.41) is 2.76. The first-order valence-electron chi connectivity index (χ1n) is 8.51. The fraction of sp³-hybridized carbons (Fsp3) is 0.250. The van der Waals surface area contributed by atoms with E-state index in [-0.39, 0.29) is 17.6 Å². The Bertz CT molecular complexity index is 861. The van der Waals surface area contributed by atoms with Gasteiger partial charge in [-0.3, -0.25) is 9.35 Å². The van der Waals surface area contributed by atoms with E-state index < -0.39 is 10.1 Å². The van der Waals surface area contributed by atoms with Crippen LogP contribution in [-0.2, 0) is 14.9 Å². The molecule has 0 saturated heterocycles. The third-order valence-corrected chi connectivity index (χ3v) is 4.79. The summed E-state index contributed by atoms with van der Waals surface area (Å²) in [7, 11) is -2.42. The topological polar surface area (TPSA) is 92.7 Å². The molecule has 0 radical (unpaired) electrons. The molecule has 1 amide bonds. The second kappa shape index (κ2) is 9.89. The molecule has 27 heavy (non-hydrogen) atoms. The first-order chi connectivity index (χ1) is 12.9. The minimum atomic E-state index is -3.99. The maximum Gasteiger partial charge on any atom is 0.264 e. The number of methoxy groups -OCH3 is 1. The van der Waals surface area contributed by atoms with Gasteiger partial charge in [0.05, 0.1) is 12.9 Å². The van der Waals surface area contributed by atoms with Crippen molar-refractivity contribution in [2.45, 2.75) is 18.8 Å². The summed E-state index contributed by atoms with van der Waals surface area (Å²) in [5.41, 5.74) is 1.62. The average molecular weight is 389 g/mol. The van der Waals surface area contributed by atoms with Crippen LogP contribution >= 0.6 is 0 Å². The minimum absolute atomic E-state index is 0.130. The van der Waals surface area contributed by atoms with Crippen molar-refractivity contribution in [3.05, 3.63) is 72.3 Å². The fourth-order valence-corrected chi connectivity index (χ4v) is 3.15. The number of hydrogen-bond donors (Lipinski definition) is 2. The highest BCUT2D eigenvalue weighted by molar-refractivity contribution is 7.85. The van der Waals surface area contributed by atoms with Gasteiger partial charge in [-0.1, -0.05) is 36.4 Å². The van der Waals surface area contributed by atoms with Gasteiger partial charge in [-0.15, -0.1) is 0 Å². The molecular formula is C20H23NO5S. The number of hydrogen-bond acceptors (Lipinski definition) is 4. The van der Waals surface area contributed by atoms with E-state index in [0.717, 1.165) is 5.56 Å². The third kappa shape index (κ3) is 7.64. The minimum Gasteiger partial charge on any atom is -0.497 e. The zero-order valence-corrected chi connectivity index (χ0v) is 15.9. The molecule has 2 aromatic rings. The van der Waals surface area contributed by atoms with Gasteiger partial charge in [0.1, 0.15) is 5.75 Å². The van der Waals surface area contributed by atoms with Crippen LogP contribution in [0.1, 0.15) is 24.3 Å². The fourth-order valence-electron chi connectivity index (χ4n) is 2.62. The normalized spacial score (nSPS) is 12.7. The quantitative estimate of drug-likeness (QED) is 0.504. The molecule has 2 aromatic carbocycles. The van der Waals surface area contributed by atoms with Crippen molar-refractivity contribution < 1.29 is 22.5 Å². The Kier molecular flexibility index (Phi) is 7.57. The maximum atomic E-state index is 12.2. The summed E-state index contributed by atoms with van der Waals surface area (Å²) in [6, 6.07) is 16.5. The van der Waals surface area contributed by atoms with Crippen molar-refractivity contribution >= 4 is 21.7 Å². The third-order valence-electron chi connectivity index (χ3n) is 3.98. The van der Waals surface area contributed by atoms with Gasteiger partial charge in [0.2, 0.25) is 5.91 Å². The number of benzene rings is 2. The van der Waals surface area contributed by atoms with E-state index in [1.165, 1.54) is 6.08 Å². The molecule has 7 heteroatoms. The molecule has 6 nitrogen and oxygen atoms in total. The van der Waals surface area contributed by atoms with Crippen LogP contribution in [0.15, 0.2) is 66.7 Å². The van der Waals surface area contributed by atoms with Gasteiger partial charge in [0.25, 0.3) is 10.1 Å². The number of nitrogens with one attached hydrogen (secondary N) is 1. The van der Waals surface area contributed by atoms with Crippen molar-refractivity contribution in [1.29, 1.82) is 0 Å². The molecule has 0 aromatic heterocycles. The number of allylic oxidation sites excluding steroid dienone is 1.